The molecule has 2 atom stereocenters. The topological polar surface area (TPSA) is 93.7 Å². The molecular formula is C19H20FN5O3. The standard InChI is InChI=1S/C19H20FN5O3/c1-10-17(19(24-28-10)27-15-9-21-8-14(15)20)12-4-5-25-13(6-12)7-16(23-25)22-18(26)11-2-3-11/h4-7,11,14-15,21H,2-3,8-9H2,1H3,(H,22,23,26)/t14-,15-/m0/s1. The molecule has 3 aromatic heterocycles. The summed E-state index contributed by atoms with van der Waals surface area (Å²) in [6.45, 7) is 2.49. The quantitative estimate of drug-likeness (QED) is 0.700. The molecule has 2 aliphatic rings. The predicted octanol–water partition coefficient (Wildman–Crippen LogP) is 2.33. The minimum absolute atomic E-state index is 0.0140. The van der Waals surface area contributed by atoms with Gasteiger partial charge in [-0.1, -0.05) is 0 Å². The van der Waals surface area contributed by atoms with Crippen molar-refractivity contribution in [3.05, 3.63) is 30.2 Å². The van der Waals surface area contributed by atoms with E-state index in [1.807, 2.05) is 18.2 Å². The third-order valence-corrected chi connectivity index (χ3v) is 5.13. The van der Waals surface area contributed by atoms with Crippen LogP contribution in [0, 0.1) is 12.8 Å². The number of ether oxygens (including phenoxy) is 1. The van der Waals surface area contributed by atoms with Crippen molar-refractivity contribution in [2.75, 3.05) is 18.4 Å². The fourth-order valence-electron chi connectivity index (χ4n) is 3.43. The molecule has 1 saturated heterocycles. The zero-order valence-corrected chi connectivity index (χ0v) is 15.3. The summed E-state index contributed by atoms with van der Waals surface area (Å²) in [5.41, 5.74) is 2.31. The van der Waals surface area contributed by atoms with Gasteiger partial charge >= 0.3 is 0 Å². The van der Waals surface area contributed by atoms with Crippen LogP contribution >= 0.6 is 0 Å². The second kappa shape index (κ2) is 6.59. The number of carbonyl (C=O) groups excluding carboxylic acids is 1. The van der Waals surface area contributed by atoms with Crippen LogP contribution < -0.4 is 15.4 Å². The van der Waals surface area contributed by atoms with Crippen molar-refractivity contribution in [3.8, 4) is 17.0 Å². The summed E-state index contributed by atoms with van der Waals surface area (Å²) >= 11 is 0. The fourth-order valence-corrected chi connectivity index (χ4v) is 3.43. The van der Waals surface area contributed by atoms with Crippen LogP contribution in [0.5, 0.6) is 5.88 Å². The molecule has 1 amide bonds. The van der Waals surface area contributed by atoms with Crippen molar-refractivity contribution in [1.82, 2.24) is 20.1 Å². The SMILES string of the molecule is Cc1onc(O[C@H]2CNC[C@@H]2F)c1-c1ccn2nc(NC(=O)C3CC3)cc2c1. The number of carbonyl (C=O) groups is 1. The minimum atomic E-state index is -1.08. The van der Waals surface area contributed by atoms with E-state index in [4.69, 9.17) is 9.26 Å². The summed E-state index contributed by atoms with van der Waals surface area (Å²) < 4.78 is 26.7. The van der Waals surface area contributed by atoms with Gasteiger partial charge in [0.15, 0.2) is 12.0 Å². The third kappa shape index (κ3) is 3.11. The Hall–Kier alpha value is -2.94. The lowest BCUT2D eigenvalue weighted by Gasteiger charge is -2.13. The highest BCUT2D eigenvalue weighted by Crippen LogP contribution is 2.35. The van der Waals surface area contributed by atoms with E-state index in [0.29, 0.717) is 23.7 Å². The number of hydrogen-bond acceptors (Lipinski definition) is 6. The molecule has 0 aromatic carbocycles. The third-order valence-electron chi connectivity index (χ3n) is 5.13. The maximum atomic E-state index is 13.9. The molecule has 1 aliphatic heterocycles. The van der Waals surface area contributed by atoms with E-state index in [0.717, 1.165) is 23.9 Å². The maximum Gasteiger partial charge on any atom is 0.262 e. The number of fused-ring (bicyclic) bond motifs is 1. The first-order valence-electron chi connectivity index (χ1n) is 9.37. The molecule has 3 aromatic rings. The summed E-state index contributed by atoms with van der Waals surface area (Å²) in [6.07, 6.45) is 2.00. The Balaban J connectivity index is 1.44. The molecule has 2 N–H and O–H groups in total. The number of aryl methyl sites for hydroxylation is 1. The van der Waals surface area contributed by atoms with Gasteiger partial charge < -0.3 is 19.9 Å². The number of hydrogen-bond donors (Lipinski definition) is 2. The number of halogens is 1. The van der Waals surface area contributed by atoms with Gasteiger partial charge in [-0.15, -0.1) is 0 Å². The average molecular weight is 385 g/mol. The summed E-state index contributed by atoms with van der Waals surface area (Å²) in [7, 11) is 0. The summed E-state index contributed by atoms with van der Waals surface area (Å²) in [5, 5.41) is 14.2. The van der Waals surface area contributed by atoms with Crippen molar-refractivity contribution in [2.24, 2.45) is 5.92 Å². The number of pyridine rings is 1. The number of nitrogens with one attached hydrogen (secondary N) is 2. The van der Waals surface area contributed by atoms with Gasteiger partial charge in [0.25, 0.3) is 5.88 Å². The number of alkyl halides is 1. The first kappa shape index (κ1) is 17.2. The number of amides is 1. The average Bonchev–Trinajstić information content (AvgIpc) is 3.20. The minimum Gasteiger partial charge on any atom is -0.467 e. The van der Waals surface area contributed by atoms with Crippen LogP contribution in [-0.2, 0) is 4.79 Å². The van der Waals surface area contributed by atoms with E-state index < -0.39 is 12.3 Å². The number of anilines is 1. The van der Waals surface area contributed by atoms with Crippen LogP contribution in [0.15, 0.2) is 28.9 Å². The van der Waals surface area contributed by atoms with Crippen LogP contribution in [0.1, 0.15) is 18.6 Å². The Kier molecular flexibility index (Phi) is 4.04. The molecular weight excluding hydrogens is 365 g/mol. The molecule has 146 valence electrons. The van der Waals surface area contributed by atoms with Crippen LogP contribution in [0.3, 0.4) is 0 Å². The first-order valence-corrected chi connectivity index (χ1v) is 9.37. The van der Waals surface area contributed by atoms with Crippen molar-refractivity contribution in [1.29, 1.82) is 0 Å². The molecule has 9 heteroatoms. The zero-order valence-electron chi connectivity index (χ0n) is 15.3. The van der Waals surface area contributed by atoms with Crippen LogP contribution in [0.4, 0.5) is 10.2 Å². The van der Waals surface area contributed by atoms with E-state index in [-0.39, 0.29) is 24.2 Å². The molecule has 0 radical (unpaired) electrons. The Morgan fingerprint density at radius 2 is 2.25 bits per heavy atom. The van der Waals surface area contributed by atoms with Crippen LogP contribution in [-0.4, -0.2) is 46.0 Å². The smallest absolute Gasteiger partial charge is 0.262 e. The van der Waals surface area contributed by atoms with Crippen molar-refractivity contribution < 1.29 is 18.4 Å². The zero-order chi connectivity index (χ0) is 19.3. The van der Waals surface area contributed by atoms with Crippen LogP contribution in [0.2, 0.25) is 0 Å². The Morgan fingerprint density at radius 1 is 1.39 bits per heavy atom. The molecule has 0 unspecified atom stereocenters. The van der Waals surface area contributed by atoms with Gasteiger partial charge in [0, 0.05) is 31.3 Å². The Morgan fingerprint density at radius 3 is 3.00 bits per heavy atom. The van der Waals surface area contributed by atoms with Crippen LogP contribution in [0.25, 0.3) is 16.6 Å². The number of aromatic nitrogens is 3. The van der Waals surface area contributed by atoms with E-state index in [1.54, 1.807) is 17.6 Å². The predicted molar refractivity (Wildman–Crippen MR) is 99.0 cm³/mol. The van der Waals surface area contributed by atoms with Gasteiger partial charge in [0.05, 0.1) is 11.1 Å². The lowest BCUT2D eigenvalue weighted by Crippen LogP contribution is -2.27. The second-order valence-corrected chi connectivity index (χ2v) is 7.33. The van der Waals surface area contributed by atoms with Crippen molar-refractivity contribution in [2.45, 2.75) is 32.0 Å². The normalized spacial score (nSPS) is 21.9. The molecule has 8 nitrogen and oxygen atoms in total. The number of nitrogens with zero attached hydrogens (tertiary/aromatic N) is 3. The molecule has 2 fully saturated rings. The Bertz CT molecular complexity index is 1040. The van der Waals surface area contributed by atoms with Gasteiger partial charge in [-0.3, -0.25) is 4.79 Å². The highest BCUT2D eigenvalue weighted by atomic mass is 19.1. The Labute approximate surface area is 160 Å². The van der Waals surface area contributed by atoms with E-state index >= 15 is 0 Å². The molecule has 1 aliphatic carbocycles. The second-order valence-electron chi connectivity index (χ2n) is 7.33. The lowest BCUT2D eigenvalue weighted by molar-refractivity contribution is -0.117. The molecule has 1 saturated carbocycles. The van der Waals surface area contributed by atoms with Gasteiger partial charge in [0.2, 0.25) is 5.91 Å². The van der Waals surface area contributed by atoms with E-state index in [2.05, 4.69) is 20.9 Å². The fraction of sp³-hybridized carbons (Fsp3) is 0.421. The number of rotatable bonds is 5. The monoisotopic (exact) mass is 385 g/mol. The highest BCUT2D eigenvalue weighted by molar-refractivity contribution is 5.93. The summed E-state index contributed by atoms with van der Waals surface area (Å²) in [5.74, 6) is 1.51. The van der Waals surface area contributed by atoms with E-state index in [9.17, 15) is 9.18 Å². The first-order chi connectivity index (χ1) is 13.6. The molecule has 4 heterocycles. The van der Waals surface area contributed by atoms with Gasteiger partial charge in [0.1, 0.15) is 11.9 Å². The highest BCUT2D eigenvalue weighted by Gasteiger charge is 2.31. The lowest BCUT2D eigenvalue weighted by atomic mass is 10.1. The molecule has 0 bridgehead atoms. The van der Waals surface area contributed by atoms with E-state index in [1.165, 1.54) is 0 Å². The summed E-state index contributed by atoms with van der Waals surface area (Å²) in [6, 6.07) is 5.58. The van der Waals surface area contributed by atoms with Crippen molar-refractivity contribution in [3.63, 3.8) is 0 Å². The van der Waals surface area contributed by atoms with Gasteiger partial charge in [-0.25, -0.2) is 8.91 Å². The maximum absolute atomic E-state index is 13.9. The molecule has 0 spiro atoms. The largest absolute Gasteiger partial charge is 0.467 e. The van der Waals surface area contributed by atoms with Gasteiger partial charge in [-0.05, 0) is 42.6 Å². The molecule has 5 rings (SSSR count). The summed E-state index contributed by atoms with van der Waals surface area (Å²) in [4.78, 5) is 12.0. The molecule has 28 heavy (non-hydrogen) atoms. The van der Waals surface area contributed by atoms with Gasteiger partial charge in [-0.2, -0.15) is 5.10 Å². The van der Waals surface area contributed by atoms with Crippen molar-refractivity contribution >= 4 is 17.2 Å².